The predicted octanol–water partition coefficient (Wildman–Crippen LogP) is 7.29. The Morgan fingerprint density at radius 1 is 1.09 bits per heavy atom. The van der Waals surface area contributed by atoms with E-state index in [1.807, 2.05) is 19.1 Å². The monoisotopic (exact) mass is 452 g/mol. The van der Waals surface area contributed by atoms with E-state index in [2.05, 4.69) is 65.8 Å². The fourth-order valence-electron chi connectivity index (χ4n) is 6.60. The molecule has 2 aromatic carbocycles. The quantitative estimate of drug-likeness (QED) is 0.442. The van der Waals surface area contributed by atoms with Crippen molar-refractivity contribution >= 4 is 11.6 Å². The van der Waals surface area contributed by atoms with Gasteiger partial charge < -0.3 is 5.32 Å². The number of rotatable bonds is 5. The Kier molecular flexibility index (Phi) is 6.54. The Balaban J connectivity index is 1.51. The second-order valence-electron chi connectivity index (χ2n) is 10.4. The van der Waals surface area contributed by atoms with Crippen LogP contribution in [0.3, 0.4) is 0 Å². The lowest BCUT2D eigenvalue weighted by atomic mass is 9.56. The first kappa shape index (κ1) is 22.8. The fourth-order valence-corrected chi connectivity index (χ4v) is 6.60. The van der Waals surface area contributed by atoms with Crippen molar-refractivity contribution in [2.24, 2.45) is 11.8 Å². The van der Waals surface area contributed by atoms with Gasteiger partial charge in [-0.15, -0.1) is 0 Å². The van der Waals surface area contributed by atoms with Crippen LogP contribution in [0.4, 0.5) is 5.69 Å². The third-order valence-corrected chi connectivity index (χ3v) is 8.50. The number of benzene rings is 2. The molecular weight excluding hydrogens is 416 g/mol. The number of pyridine rings is 1. The average molecular weight is 453 g/mol. The molecule has 0 aliphatic heterocycles. The number of hydrogen-bond donors (Lipinski definition) is 1. The summed E-state index contributed by atoms with van der Waals surface area (Å²) in [5, 5.41) is 3.07. The SMILES string of the molecule is CCC1CCC2(Cc3ccccc3)c3ccc(C(=O)Nc4cccnc4C)cc3CCCC2C1. The van der Waals surface area contributed by atoms with Gasteiger partial charge in [-0.1, -0.05) is 49.7 Å². The Hall–Kier alpha value is -2.94. The molecule has 1 N–H and O–H groups in total. The summed E-state index contributed by atoms with van der Waals surface area (Å²) in [6, 6.07) is 21.3. The minimum absolute atomic E-state index is 0.0495. The van der Waals surface area contributed by atoms with Gasteiger partial charge in [-0.3, -0.25) is 9.78 Å². The number of carbonyl (C=O) groups is 1. The maximum absolute atomic E-state index is 13.1. The number of amides is 1. The number of anilines is 1. The van der Waals surface area contributed by atoms with Crippen LogP contribution in [-0.2, 0) is 18.3 Å². The summed E-state index contributed by atoms with van der Waals surface area (Å²) in [4.78, 5) is 17.4. The van der Waals surface area contributed by atoms with Crippen LogP contribution in [0.5, 0.6) is 0 Å². The number of hydrogen-bond acceptors (Lipinski definition) is 2. The lowest BCUT2D eigenvalue weighted by Gasteiger charge is -2.47. The molecule has 0 bridgehead atoms. The number of aryl methyl sites for hydroxylation is 2. The molecule has 1 fully saturated rings. The standard InChI is InChI=1S/C31H36N2O/c1-3-23-16-17-31(21-24-9-5-4-6-10-24)27(19-23)12-7-11-25-20-26(14-15-28(25)31)30(34)33-29-13-8-18-32-22(29)2/h4-6,8-10,13-15,18,20,23,27H,3,7,11-12,16-17,19,21H2,1-2H3,(H,33,34). The van der Waals surface area contributed by atoms with Crippen LogP contribution >= 0.6 is 0 Å². The van der Waals surface area contributed by atoms with Gasteiger partial charge >= 0.3 is 0 Å². The summed E-state index contributed by atoms with van der Waals surface area (Å²) in [6.45, 7) is 4.28. The molecule has 0 radical (unpaired) electrons. The third-order valence-electron chi connectivity index (χ3n) is 8.50. The minimum Gasteiger partial charge on any atom is -0.320 e. The minimum atomic E-state index is -0.0495. The summed E-state index contributed by atoms with van der Waals surface area (Å²) in [5.74, 6) is 1.51. The molecule has 3 atom stereocenters. The molecule has 3 nitrogen and oxygen atoms in total. The Morgan fingerprint density at radius 3 is 2.74 bits per heavy atom. The number of nitrogens with one attached hydrogen (secondary N) is 1. The van der Waals surface area contributed by atoms with Crippen molar-refractivity contribution in [1.29, 1.82) is 0 Å². The van der Waals surface area contributed by atoms with Gasteiger partial charge in [0, 0.05) is 17.2 Å². The fraction of sp³-hybridized carbons (Fsp3) is 0.419. The molecule has 3 heteroatoms. The van der Waals surface area contributed by atoms with E-state index < -0.39 is 0 Å². The van der Waals surface area contributed by atoms with Gasteiger partial charge in [0.15, 0.2) is 0 Å². The second-order valence-corrected chi connectivity index (χ2v) is 10.4. The predicted molar refractivity (Wildman–Crippen MR) is 139 cm³/mol. The smallest absolute Gasteiger partial charge is 0.255 e. The van der Waals surface area contributed by atoms with Crippen LogP contribution < -0.4 is 5.32 Å². The first-order chi connectivity index (χ1) is 16.6. The largest absolute Gasteiger partial charge is 0.320 e. The van der Waals surface area contributed by atoms with Crippen LogP contribution in [0.2, 0.25) is 0 Å². The van der Waals surface area contributed by atoms with Crippen LogP contribution in [0.1, 0.15) is 78.2 Å². The number of carbonyl (C=O) groups excluding carboxylic acids is 1. The van der Waals surface area contributed by atoms with Crippen molar-refractivity contribution in [3.05, 3.63) is 94.8 Å². The molecule has 2 aliphatic rings. The second kappa shape index (κ2) is 9.74. The molecule has 0 spiro atoms. The van der Waals surface area contributed by atoms with E-state index in [-0.39, 0.29) is 11.3 Å². The molecule has 5 rings (SSSR count). The van der Waals surface area contributed by atoms with Crippen molar-refractivity contribution in [1.82, 2.24) is 4.98 Å². The molecule has 176 valence electrons. The van der Waals surface area contributed by atoms with E-state index in [9.17, 15) is 4.79 Å². The highest BCUT2D eigenvalue weighted by molar-refractivity contribution is 6.04. The van der Waals surface area contributed by atoms with E-state index >= 15 is 0 Å². The van der Waals surface area contributed by atoms with Crippen molar-refractivity contribution in [3.8, 4) is 0 Å². The zero-order valence-electron chi connectivity index (χ0n) is 20.5. The number of fused-ring (bicyclic) bond motifs is 3. The highest BCUT2D eigenvalue weighted by Gasteiger charge is 2.46. The van der Waals surface area contributed by atoms with Crippen LogP contribution in [0.25, 0.3) is 0 Å². The van der Waals surface area contributed by atoms with Crippen LogP contribution in [-0.4, -0.2) is 10.9 Å². The van der Waals surface area contributed by atoms with Crippen LogP contribution in [0, 0.1) is 18.8 Å². The van der Waals surface area contributed by atoms with Gasteiger partial charge in [-0.25, -0.2) is 0 Å². The summed E-state index contributed by atoms with van der Waals surface area (Å²) in [5.41, 5.74) is 6.85. The van der Waals surface area contributed by atoms with Gasteiger partial charge in [0.25, 0.3) is 5.91 Å². The molecular formula is C31H36N2O. The first-order valence-corrected chi connectivity index (χ1v) is 13.0. The van der Waals surface area contributed by atoms with Gasteiger partial charge in [0.05, 0.1) is 11.4 Å². The van der Waals surface area contributed by atoms with Crippen LogP contribution in [0.15, 0.2) is 66.9 Å². The van der Waals surface area contributed by atoms with Crippen molar-refractivity contribution < 1.29 is 4.79 Å². The Labute approximate surface area is 204 Å². The maximum atomic E-state index is 13.1. The van der Waals surface area contributed by atoms with E-state index in [4.69, 9.17) is 0 Å². The Bertz CT molecular complexity index is 1160. The highest BCUT2D eigenvalue weighted by atomic mass is 16.1. The topological polar surface area (TPSA) is 42.0 Å². The van der Waals surface area contributed by atoms with Crippen molar-refractivity contribution in [2.75, 3.05) is 5.32 Å². The Morgan fingerprint density at radius 2 is 1.94 bits per heavy atom. The molecule has 1 aromatic heterocycles. The summed E-state index contributed by atoms with van der Waals surface area (Å²) < 4.78 is 0. The molecule has 34 heavy (non-hydrogen) atoms. The maximum Gasteiger partial charge on any atom is 0.255 e. The molecule has 1 heterocycles. The first-order valence-electron chi connectivity index (χ1n) is 13.0. The van der Waals surface area contributed by atoms with E-state index in [1.54, 1.807) is 6.20 Å². The lowest BCUT2D eigenvalue weighted by Crippen LogP contribution is -2.42. The lowest BCUT2D eigenvalue weighted by molar-refractivity contribution is 0.102. The molecule has 1 saturated carbocycles. The highest BCUT2D eigenvalue weighted by Crippen LogP contribution is 2.53. The van der Waals surface area contributed by atoms with E-state index in [0.717, 1.165) is 35.7 Å². The molecule has 3 aromatic rings. The molecule has 3 unspecified atom stereocenters. The third kappa shape index (κ3) is 4.41. The van der Waals surface area contributed by atoms with Crippen molar-refractivity contribution in [3.63, 3.8) is 0 Å². The normalized spacial score (nSPS) is 23.9. The molecule has 0 saturated heterocycles. The number of nitrogens with zero attached hydrogens (tertiary/aromatic N) is 1. The molecule has 1 amide bonds. The zero-order valence-corrected chi connectivity index (χ0v) is 20.5. The summed E-state index contributed by atoms with van der Waals surface area (Å²) in [6.07, 6.45) is 11.6. The van der Waals surface area contributed by atoms with E-state index in [1.165, 1.54) is 55.2 Å². The van der Waals surface area contributed by atoms with Gasteiger partial charge in [0.1, 0.15) is 0 Å². The van der Waals surface area contributed by atoms with Gasteiger partial charge in [-0.05, 0) is 105 Å². The summed E-state index contributed by atoms with van der Waals surface area (Å²) in [7, 11) is 0. The number of aromatic nitrogens is 1. The van der Waals surface area contributed by atoms with Crippen molar-refractivity contribution in [2.45, 2.75) is 70.6 Å². The van der Waals surface area contributed by atoms with Gasteiger partial charge in [-0.2, -0.15) is 0 Å². The zero-order chi connectivity index (χ0) is 23.5. The summed E-state index contributed by atoms with van der Waals surface area (Å²) >= 11 is 0. The molecule has 2 aliphatic carbocycles. The van der Waals surface area contributed by atoms with Gasteiger partial charge in [0.2, 0.25) is 0 Å². The van der Waals surface area contributed by atoms with E-state index in [0.29, 0.717) is 5.92 Å². The average Bonchev–Trinajstić information content (AvgIpc) is 3.02.